The second kappa shape index (κ2) is 6.87. The summed E-state index contributed by atoms with van der Waals surface area (Å²) in [4.78, 5) is 6.76. The van der Waals surface area contributed by atoms with Gasteiger partial charge in [-0.2, -0.15) is 0 Å². The zero-order valence-electron chi connectivity index (χ0n) is 11.2. The average molecular weight is 252 g/mol. The molecule has 1 fully saturated rings. The van der Waals surface area contributed by atoms with E-state index in [0.717, 1.165) is 44.5 Å². The number of rotatable bonds is 6. The van der Waals surface area contributed by atoms with E-state index in [2.05, 4.69) is 27.7 Å². The molecule has 1 aliphatic heterocycles. The molecule has 2 N–H and O–H groups in total. The number of aromatic nitrogens is 2. The number of nitrogens with zero attached hydrogens (tertiary/aromatic N) is 3. The van der Waals surface area contributed by atoms with Gasteiger partial charge in [-0.05, 0) is 25.8 Å². The van der Waals surface area contributed by atoms with Crippen LogP contribution in [0.1, 0.15) is 18.5 Å². The molecule has 18 heavy (non-hydrogen) atoms. The highest BCUT2D eigenvalue weighted by atomic mass is 16.5. The van der Waals surface area contributed by atoms with E-state index in [1.165, 1.54) is 12.8 Å². The van der Waals surface area contributed by atoms with Crippen LogP contribution in [-0.2, 0) is 17.8 Å². The van der Waals surface area contributed by atoms with Crippen LogP contribution in [0.2, 0.25) is 0 Å². The third kappa shape index (κ3) is 4.08. The molecule has 5 heteroatoms. The maximum atomic E-state index is 5.52. The lowest BCUT2D eigenvalue weighted by Gasteiger charge is -2.26. The molecule has 1 aromatic rings. The highest BCUT2D eigenvalue weighted by Crippen LogP contribution is 2.16. The van der Waals surface area contributed by atoms with E-state index in [1.807, 2.05) is 6.33 Å². The first kappa shape index (κ1) is 13.5. The predicted molar refractivity (Wildman–Crippen MR) is 71.2 cm³/mol. The Bertz CT molecular complexity index is 347. The van der Waals surface area contributed by atoms with Gasteiger partial charge >= 0.3 is 0 Å². The summed E-state index contributed by atoms with van der Waals surface area (Å²) in [6.45, 7) is 5.39. The third-order valence-corrected chi connectivity index (χ3v) is 3.42. The Morgan fingerprint density at radius 2 is 2.28 bits per heavy atom. The van der Waals surface area contributed by atoms with Crippen LogP contribution in [0.15, 0.2) is 12.5 Å². The largest absolute Gasteiger partial charge is 0.381 e. The predicted octanol–water partition coefficient (Wildman–Crippen LogP) is 0.700. The van der Waals surface area contributed by atoms with Crippen LogP contribution in [0.5, 0.6) is 0 Å². The van der Waals surface area contributed by atoms with E-state index in [4.69, 9.17) is 10.5 Å². The molecule has 2 heterocycles. The fourth-order valence-electron chi connectivity index (χ4n) is 2.47. The summed E-state index contributed by atoms with van der Waals surface area (Å²) in [6.07, 6.45) is 6.33. The van der Waals surface area contributed by atoms with Crippen molar-refractivity contribution in [2.75, 3.05) is 33.4 Å². The first-order valence-electron chi connectivity index (χ1n) is 6.75. The van der Waals surface area contributed by atoms with Gasteiger partial charge in [-0.1, -0.05) is 0 Å². The topological polar surface area (TPSA) is 56.3 Å². The molecule has 102 valence electrons. The smallest absolute Gasteiger partial charge is 0.0950 e. The summed E-state index contributed by atoms with van der Waals surface area (Å²) >= 11 is 0. The molecule has 0 aromatic carbocycles. The minimum Gasteiger partial charge on any atom is -0.381 e. The molecule has 0 unspecified atom stereocenters. The lowest BCUT2D eigenvalue weighted by Crippen LogP contribution is -2.29. The van der Waals surface area contributed by atoms with Crippen molar-refractivity contribution in [1.29, 1.82) is 0 Å². The zero-order valence-corrected chi connectivity index (χ0v) is 11.2. The van der Waals surface area contributed by atoms with E-state index in [1.54, 1.807) is 0 Å². The molecule has 0 amide bonds. The molecule has 1 aliphatic rings. The Morgan fingerprint density at radius 1 is 1.50 bits per heavy atom. The molecule has 0 bridgehead atoms. The molecule has 0 atom stereocenters. The van der Waals surface area contributed by atoms with Gasteiger partial charge in [-0.15, -0.1) is 0 Å². The summed E-state index contributed by atoms with van der Waals surface area (Å²) in [7, 11) is 2.16. The van der Waals surface area contributed by atoms with Crippen LogP contribution >= 0.6 is 0 Å². The lowest BCUT2D eigenvalue weighted by molar-refractivity contribution is 0.0548. The van der Waals surface area contributed by atoms with Gasteiger partial charge in [0, 0.05) is 45.6 Å². The number of hydrogen-bond donors (Lipinski definition) is 1. The second-order valence-electron chi connectivity index (χ2n) is 5.14. The van der Waals surface area contributed by atoms with E-state index >= 15 is 0 Å². The maximum absolute atomic E-state index is 5.52. The monoisotopic (exact) mass is 252 g/mol. The molecule has 0 radical (unpaired) electrons. The molecule has 0 aliphatic carbocycles. The summed E-state index contributed by atoms with van der Waals surface area (Å²) in [6, 6.07) is 0. The summed E-state index contributed by atoms with van der Waals surface area (Å²) in [5, 5.41) is 0. The van der Waals surface area contributed by atoms with Crippen molar-refractivity contribution < 1.29 is 4.74 Å². The Balaban J connectivity index is 1.76. The Labute approximate surface area is 109 Å². The summed E-state index contributed by atoms with van der Waals surface area (Å²) in [5.41, 5.74) is 6.65. The van der Waals surface area contributed by atoms with Crippen molar-refractivity contribution in [1.82, 2.24) is 14.5 Å². The number of imidazole rings is 1. The molecule has 0 saturated carbocycles. The first-order valence-corrected chi connectivity index (χ1v) is 6.75. The van der Waals surface area contributed by atoms with Crippen molar-refractivity contribution in [2.24, 2.45) is 11.7 Å². The van der Waals surface area contributed by atoms with Crippen LogP contribution in [0, 0.1) is 5.92 Å². The highest BCUT2D eigenvalue weighted by molar-refractivity contribution is 4.96. The van der Waals surface area contributed by atoms with Gasteiger partial charge in [-0.25, -0.2) is 4.98 Å². The molecular weight excluding hydrogens is 228 g/mol. The molecule has 2 rings (SSSR count). The molecule has 0 spiro atoms. The van der Waals surface area contributed by atoms with Crippen LogP contribution in [0.4, 0.5) is 0 Å². The van der Waals surface area contributed by atoms with Gasteiger partial charge in [0.25, 0.3) is 0 Å². The molecule has 5 nitrogen and oxygen atoms in total. The Kier molecular flexibility index (Phi) is 5.16. The van der Waals surface area contributed by atoms with Gasteiger partial charge in [0.05, 0.1) is 12.0 Å². The fourth-order valence-corrected chi connectivity index (χ4v) is 2.47. The van der Waals surface area contributed by atoms with Crippen molar-refractivity contribution in [3.05, 3.63) is 18.2 Å². The van der Waals surface area contributed by atoms with Crippen molar-refractivity contribution in [2.45, 2.75) is 25.9 Å². The Morgan fingerprint density at radius 3 is 3.00 bits per heavy atom. The van der Waals surface area contributed by atoms with Crippen LogP contribution in [0.25, 0.3) is 0 Å². The minimum absolute atomic E-state index is 0.660. The first-order chi connectivity index (χ1) is 8.78. The molecule has 1 aromatic heterocycles. The minimum atomic E-state index is 0.660. The van der Waals surface area contributed by atoms with Crippen molar-refractivity contribution in [3.8, 4) is 0 Å². The summed E-state index contributed by atoms with van der Waals surface area (Å²) < 4.78 is 7.44. The second-order valence-corrected chi connectivity index (χ2v) is 5.14. The van der Waals surface area contributed by atoms with Crippen LogP contribution in [-0.4, -0.2) is 47.8 Å². The van der Waals surface area contributed by atoms with E-state index in [9.17, 15) is 0 Å². The third-order valence-electron chi connectivity index (χ3n) is 3.42. The zero-order chi connectivity index (χ0) is 12.8. The summed E-state index contributed by atoms with van der Waals surface area (Å²) in [5.74, 6) is 0.773. The average Bonchev–Trinajstić information content (AvgIpc) is 2.78. The van der Waals surface area contributed by atoms with Gasteiger partial charge < -0.3 is 19.9 Å². The van der Waals surface area contributed by atoms with Gasteiger partial charge in [0.2, 0.25) is 0 Å². The van der Waals surface area contributed by atoms with Crippen molar-refractivity contribution >= 4 is 0 Å². The molecule has 1 saturated heterocycles. The van der Waals surface area contributed by atoms with Gasteiger partial charge in [0.15, 0.2) is 0 Å². The molecular formula is C13H24N4O. The van der Waals surface area contributed by atoms with Gasteiger partial charge in [-0.3, -0.25) is 0 Å². The highest BCUT2D eigenvalue weighted by Gasteiger charge is 2.16. The lowest BCUT2D eigenvalue weighted by atomic mass is 10.00. The van der Waals surface area contributed by atoms with Crippen LogP contribution in [0.3, 0.4) is 0 Å². The quantitative estimate of drug-likeness (QED) is 0.810. The number of nitrogens with two attached hydrogens (primary N) is 1. The van der Waals surface area contributed by atoms with E-state index in [0.29, 0.717) is 6.54 Å². The standard InChI is InChI=1S/C13H24N4O/c1-16(8-12-2-6-18-7-3-12)9-13-10-17(5-4-14)11-15-13/h10-12H,2-9,14H2,1H3. The fraction of sp³-hybridized carbons (Fsp3) is 0.769. The van der Waals surface area contributed by atoms with E-state index in [-0.39, 0.29) is 0 Å². The normalized spacial score (nSPS) is 17.5. The number of hydrogen-bond acceptors (Lipinski definition) is 4. The Hall–Kier alpha value is -0.910. The van der Waals surface area contributed by atoms with Crippen molar-refractivity contribution in [3.63, 3.8) is 0 Å². The van der Waals surface area contributed by atoms with Gasteiger partial charge in [0.1, 0.15) is 0 Å². The van der Waals surface area contributed by atoms with E-state index < -0.39 is 0 Å². The van der Waals surface area contributed by atoms with Crippen LogP contribution < -0.4 is 5.73 Å². The maximum Gasteiger partial charge on any atom is 0.0950 e. The number of ether oxygens (including phenoxy) is 1. The SMILES string of the molecule is CN(Cc1cn(CCN)cn1)CC1CCOCC1.